The van der Waals surface area contributed by atoms with Crippen LogP contribution in [0.15, 0.2) is 59.1 Å². The van der Waals surface area contributed by atoms with Crippen molar-refractivity contribution in [3.63, 3.8) is 0 Å². The molecule has 1 aromatic heterocycles. The maximum atomic E-state index is 13.8. The Bertz CT molecular complexity index is 1110. The molecular formula is C24H22ClF3N2O3. The van der Waals surface area contributed by atoms with E-state index in [1.54, 1.807) is 18.2 Å². The van der Waals surface area contributed by atoms with E-state index in [4.69, 9.17) is 21.1 Å². The van der Waals surface area contributed by atoms with Crippen molar-refractivity contribution in [3.8, 4) is 11.3 Å². The molecule has 0 spiro atoms. The first-order valence-corrected chi connectivity index (χ1v) is 11.0. The van der Waals surface area contributed by atoms with E-state index in [-0.39, 0.29) is 33.7 Å². The van der Waals surface area contributed by atoms with Crippen LogP contribution in [0.4, 0.5) is 24.9 Å². The van der Waals surface area contributed by atoms with Crippen molar-refractivity contribution < 1.29 is 27.5 Å². The molecule has 0 bridgehead atoms. The topological polar surface area (TPSA) is 66.6 Å². The third-order valence-corrected chi connectivity index (χ3v) is 6.33. The van der Waals surface area contributed by atoms with Gasteiger partial charge in [-0.15, -0.1) is 13.2 Å². The van der Waals surface area contributed by atoms with Gasteiger partial charge in [-0.05, 0) is 55.2 Å². The summed E-state index contributed by atoms with van der Waals surface area (Å²) in [5, 5.41) is 8.89. The molecule has 1 heterocycles. The van der Waals surface area contributed by atoms with Gasteiger partial charge in [0.25, 0.3) is 0 Å². The summed E-state index contributed by atoms with van der Waals surface area (Å²) in [7, 11) is 0. The first kappa shape index (κ1) is 23.2. The summed E-state index contributed by atoms with van der Waals surface area (Å²) >= 11 is 5.98. The quantitative estimate of drug-likeness (QED) is 0.374. The van der Waals surface area contributed by atoms with Crippen molar-refractivity contribution in [1.29, 1.82) is 0 Å². The number of benzene rings is 2. The predicted molar refractivity (Wildman–Crippen MR) is 119 cm³/mol. The minimum Gasteiger partial charge on any atom is -0.481 e. The highest BCUT2D eigenvalue weighted by molar-refractivity contribution is 6.33. The second kappa shape index (κ2) is 9.47. The molecule has 0 aliphatic heterocycles. The van der Waals surface area contributed by atoms with Crippen molar-refractivity contribution >= 4 is 29.3 Å². The summed E-state index contributed by atoms with van der Waals surface area (Å²) in [5.74, 6) is 0.0199. The number of hydrogen-bond donors (Lipinski definition) is 1. The summed E-state index contributed by atoms with van der Waals surface area (Å²) in [6.07, 6.45) is 0.277. The van der Waals surface area contributed by atoms with Gasteiger partial charge in [0.2, 0.25) is 0 Å². The number of aromatic nitrogens is 1. The van der Waals surface area contributed by atoms with Gasteiger partial charge in [-0.1, -0.05) is 48.0 Å². The second-order valence-corrected chi connectivity index (χ2v) is 8.61. The molecule has 0 radical (unpaired) electrons. The zero-order valence-electron chi connectivity index (χ0n) is 17.6. The normalized spacial score (nSPS) is 18.8. The van der Waals surface area contributed by atoms with E-state index in [1.165, 1.54) is 24.4 Å². The van der Waals surface area contributed by atoms with Gasteiger partial charge in [0.05, 0.1) is 16.9 Å². The Kier molecular flexibility index (Phi) is 6.65. The van der Waals surface area contributed by atoms with E-state index in [2.05, 4.69) is 4.98 Å². The Labute approximate surface area is 193 Å². The Morgan fingerprint density at radius 2 is 1.76 bits per heavy atom. The lowest BCUT2D eigenvalue weighted by molar-refractivity contribution is -0.138. The minimum atomic E-state index is -4.78. The van der Waals surface area contributed by atoms with Crippen LogP contribution in [0.1, 0.15) is 43.6 Å². The van der Waals surface area contributed by atoms with Crippen LogP contribution in [0.25, 0.3) is 11.3 Å². The van der Waals surface area contributed by atoms with Crippen LogP contribution < -0.4 is 4.90 Å². The standard InChI is InChI=1S/C24H22ClF3N2O3/c25-19-3-1-2-4-20(19)30(24(26,27)28)23-29-14-21(33-23)18-11-9-17(10-12-18)16-7-5-15(6-8-16)13-22(31)32/h1-4,9-12,14-16H,5-8,13H2,(H,31,32). The number of carboxylic acids is 1. The van der Waals surface area contributed by atoms with E-state index < -0.39 is 18.3 Å². The fourth-order valence-corrected chi connectivity index (χ4v) is 4.57. The third kappa shape index (κ3) is 5.33. The van der Waals surface area contributed by atoms with E-state index in [1.807, 2.05) is 12.1 Å². The number of oxazole rings is 1. The first-order valence-electron chi connectivity index (χ1n) is 10.6. The first-order chi connectivity index (χ1) is 15.7. The molecule has 33 heavy (non-hydrogen) atoms. The van der Waals surface area contributed by atoms with Gasteiger partial charge in [-0.2, -0.15) is 0 Å². The predicted octanol–water partition coefficient (Wildman–Crippen LogP) is 7.40. The second-order valence-electron chi connectivity index (χ2n) is 8.20. The SMILES string of the molecule is O=C(O)CC1CCC(c2ccc(-c3cnc(N(c4ccccc4Cl)C(F)(F)F)o3)cc2)CC1. The van der Waals surface area contributed by atoms with Crippen molar-refractivity contribution in [2.24, 2.45) is 5.92 Å². The number of carboxylic acid groups (broad SMARTS) is 1. The Morgan fingerprint density at radius 1 is 1.09 bits per heavy atom. The molecule has 0 amide bonds. The monoisotopic (exact) mass is 478 g/mol. The average molecular weight is 479 g/mol. The van der Waals surface area contributed by atoms with Gasteiger partial charge >= 0.3 is 18.3 Å². The van der Waals surface area contributed by atoms with Gasteiger partial charge in [0, 0.05) is 12.0 Å². The molecule has 0 atom stereocenters. The minimum absolute atomic E-state index is 0.0166. The molecule has 1 saturated carbocycles. The largest absolute Gasteiger partial charge is 0.493 e. The molecule has 1 fully saturated rings. The van der Waals surface area contributed by atoms with Crippen molar-refractivity contribution in [1.82, 2.24) is 4.98 Å². The number of rotatable bonds is 6. The molecule has 0 unspecified atom stereocenters. The number of aliphatic carboxylic acids is 1. The Balaban J connectivity index is 1.51. The molecule has 174 valence electrons. The van der Waals surface area contributed by atoms with Crippen LogP contribution in [-0.2, 0) is 4.79 Å². The smallest absolute Gasteiger partial charge is 0.481 e. The molecular weight excluding hydrogens is 457 g/mol. The fourth-order valence-electron chi connectivity index (χ4n) is 4.35. The molecule has 5 nitrogen and oxygen atoms in total. The average Bonchev–Trinajstić information content (AvgIpc) is 3.24. The van der Waals surface area contributed by atoms with E-state index in [0.717, 1.165) is 31.2 Å². The Hall–Kier alpha value is -3.00. The molecule has 2 aromatic carbocycles. The van der Waals surface area contributed by atoms with E-state index in [0.29, 0.717) is 11.5 Å². The summed E-state index contributed by atoms with van der Waals surface area (Å²) in [6.45, 7) is 0. The zero-order chi connectivity index (χ0) is 23.6. The number of alkyl halides is 3. The van der Waals surface area contributed by atoms with Gasteiger partial charge < -0.3 is 9.52 Å². The molecule has 1 N–H and O–H groups in total. The number of hydrogen-bond acceptors (Lipinski definition) is 4. The number of halogens is 4. The van der Waals surface area contributed by atoms with Gasteiger partial charge in [0.1, 0.15) is 0 Å². The number of carbonyl (C=O) groups is 1. The molecule has 9 heteroatoms. The van der Waals surface area contributed by atoms with Crippen molar-refractivity contribution in [2.75, 3.05) is 4.90 Å². The van der Waals surface area contributed by atoms with Gasteiger partial charge in [-0.25, -0.2) is 9.88 Å². The van der Waals surface area contributed by atoms with Crippen molar-refractivity contribution in [2.45, 2.75) is 44.3 Å². The third-order valence-electron chi connectivity index (χ3n) is 6.01. The number of nitrogens with zero attached hydrogens (tertiary/aromatic N) is 2. The highest BCUT2D eigenvalue weighted by Crippen LogP contribution is 2.41. The summed E-state index contributed by atoms with van der Waals surface area (Å²) in [4.78, 5) is 14.8. The maximum absolute atomic E-state index is 13.8. The van der Waals surface area contributed by atoms with Gasteiger partial charge in [0.15, 0.2) is 5.76 Å². The zero-order valence-corrected chi connectivity index (χ0v) is 18.3. The van der Waals surface area contributed by atoms with Crippen LogP contribution >= 0.6 is 11.6 Å². The molecule has 1 aliphatic carbocycles. The highest BCUT2D eigenvalue weighted by atomic mass is 35.5. The summed E-state index contributed by atoms with van der Waals surface area (Å²) in [5.41, 5.74) is 1.47. The van der Waals surface area contributed by atoms with E-state index in [9.17, 15) is 18.0 Å². The van der Waals surface area contributed by atoms with Crippen LogP contribution in [0.3, 0.4) is 0 Å². The lowest BCUT2D eigenvalue weighted by Crippen LogP contribution is -2.34. The molecule has 0 saturated heterocycles. The highest BCUT2D eigenvalue weighted by Gasteiger charge is 2.42. The lowest BCUT2D eigenvalue weighted by Gasteiger charge is -2.28. The van der Waals surface area contributed by atoms with Crippen LogP contribution in [0.5, 0.6) is 0 Å². The van der Waals surface area contributed by atoms with Crippen LogP contribution in [0, 0.1) is 5.92 Å². The van der Waals surface area contributed by atoms with Crippen LogP contribution in [0.2, 0.25) is 5.02 Å². The van der Waals surface area contributed by atoms with Crippen molar-refractivity contribution in [3.05, 3.63) is 65.3 Å². The lowest BCUT2D eigenvalue weighted by atomic mass is 9.77. The number of anilines is 2. The molecule has 3 aromatic rings. The molecule has 1 aliphatic rings. The Morgan fingerprint density at radius 3 is 2.36 bits per heavy atom. The summed E-state index contributed by atoms with van der Waals surface area (Å²) in [6, 6.07) is 12.5. The molecule has 4 rings (SSSR count). The fraction of sp³-hybridized carbons (Fsp3) is 0.333. The summed E-state index contributed by atoms with van der Waals surface area (Å²) < 4.78 is 46.8. The maximum Gasteiger partial charge on any atom is 0.493 e. The van der Waals surface area contributed by atoms with Gasteiger partial charge in [-0.3, -0.25) is 4.79 Å². The number of para-hydroxylation sites is 1. The van der Waals surface area contributed by atoms with E-state index >= 15 is 0 Å². The van der Waals surface area contributed by atoms with Crippen LogP contribution in [-0.4, -0.2) is 22.4 Å².